The minimum Gasteiger partial charge on any atom is -0.393 e. The SMILES string of the molecule is CC[C@@H](CSc1ccccc1)[C@@H](O)CCOCc1ccccc1. The summed E-state index contributed by atoms with van der Waals surface area (Å²) in [4.78, 5) is 1.26. The Hall–Kier alpha value is -1.29. The van der Waals surface area contributed by atoms with Gasteiger partial charge < -0.3 is 9.84 Å². The molecule has 0 fully saturated rings. The molecule has 0 unspecified atom stereocenters. The molecule has 0 heterocycles. The summed E-state index contributed by atoms with van der Waals surface area (Å²) < 4.78 is 5.68. The molecular weight excluding hydrogens is 304 g/mol. The molecule has 2 aromatic carbocycles. The van der Waals surface area contributed by atoms with Gasteiger partial charge in [-0.3, -0.25) is 0 Å². The highest BCUT2D eigenvalue weighted by Crippen LogP contribution is 2.24. The van der Waals surface area contributed by atoms with Gasteiger partial charge in [-0.15, -0.1) is 11.8 Å². The number of aliphatic hydroxyl groups is 1. The largest absolute Gasteiger partial charge is 0.393 e. The van der Waals surface area contributed by atoms with Crippen molar-refractivity contribution in [2.45, 2.75) is 37.4 Å². The van der Waals surface area contributed by atoms with E-state index in [1.54, 1.807) is 0 Å². The maximum Gasteiger partial charge on any atom is 0.0716 e. The van der Waals surface area contributed by atoms with Crippen LogP contribution in [0.3, 0.4) is 0 Å². The highest BCUT2D eigenvalue weighted by atomic mass is 32.2. The molecule has 1 N–H and O–H groups in total. The molecule has 2 atom stereocenters. The Bertz CT molecular complexity index is 530. The third kappa shape index (κ3) is 6.78. The van der Waals surface area contributed by atoms with E-state index in [0.717, 1.165) is 12.2 Å². The van der Waals surface area contributed by atoms with E-state index in [-0.39, 0.29) is 6.10 Å². The van der Waals surface area contributed by atoms with Crippen LogP contribution in [-0.2, 0) is 11.3 Å². The van der Waals surface area contributed by atoms with Crippen molar-refractivity contribution in [2.24, 2.45) is 5.92 Å². The van der Waals surface area contributed by atoms with Gasteiger partial charge >= 0.3 is 0 Å². The predicted molar refractivity (Wildman–Crippen MR) is 97.7 cm³/mol. The number of hydrogen-bond acceptors (Lipinski definition) is 3. The first-order chi connectivity index (χ1) is 11.3. The van der Waals surface area contributed by atoms with Gasteiger partial charge in [0.15, 0.2) is 0 Å². The molecule has 2 rings (SSSR count). The van der Waals surface area contributed by atoms with Gasteiger partial charge in [0.25, 0.3) is 0 Å². The highest BCUT2D eigenvalue weighted by molar-refractivity contribution is 7.99. The quantitative estimate of drug-likeness (QED) is 0.502. The lowest BCUT2D eigenvalue weighted by Crippen LogP contribution is -2.23. The van der Waals surface area contributed by atoms with Crippen LogP contribution in [0.4, 0.5) is 0 Å². The summed E-state index contributed by atoms with van der Waals surface area (Å²) in [6.07, 6.45) is 1.38. The molecule has 0 saturated heterocycles. The van der Waals surface area contributed by atoms with E-state index in [9.17, 15) is 5.11 Å². The van der Waals surface area contributed by atoms with Gasteiger partial charge in [-0.05, 0) is 30.0 Å². The minimum absolute atomic E-state index is 0.299. The normalized spacial score (nSPS) is 13.7. The van der Waals surface area contributed by atoms with Crippen LogP contribution in [0.1, 0.15) is 25.3 Å². The maximum atomic E-state index is 10.4. The van der Waals surface area contributed by atoms with Crippen molar-refractivity contribution in [3.63, 3.8) is 0 Å². The first-order valence-corrected chi connectivity index (χ1v) is 9.25. The van der Waals surface area contributed by atoms with Crippen LogP contribution in [0.15, 0.2) is 65.6 Å². The summed E-state index contributed by atoms with van der Waals surface area (Å²) >= 11 is 1.82. The zero-order valence-electron chi connectivity index (χ0n) is 13.7. The Morgan fingerprint density at radius 2 is 1.65 bits per heavy atom. The monoisotopic (exact) mass is 330 g/mol. The lowest BCUT2D eigenvalue weighted by atomic mass is 9.99. The van der Waals surface area contributed by atoms with Gasteiger partial charge in [0.05, 0.1) is 12.7 Å². The fraction of sp³-hybridized carbons (Fsp3) is 0.400. The van der Waals surface area contributed by atoms with Crippen LogP contribution in [0.5, 0.6) is 0 Å². The van der Waals surface area contributed by atoms with Crippen molar-refractivity contribution in [1.82, 2.24) is 0 Å². The first-order valence-electron chi connectivity index (χ1n) is 8.27. The van der Waals surface area contributed by atoms with Crippen LogP contribution in [-0.4, -0.2) is 23.6 Å². The van der Waals surface area contributed by atoms with Gasteiger partial charge in [0, 0.05) is 17.3 Å². The smallest absolute Gasteiger partial charge is 0.0716 e. The number of benzene rings is 2. The summed E-state index contributed by atoms with van der Waals surface area (Å²) in [7, 11) is 0. The predicted octanol–water partition coefficient (Wildman–Crippen LogP) is 4.77. The van der Waals surface area contributed by atoms with Crippen molar-refractivity contribution < 1.29 is 9.84 Å². The molecule has 23 heavy (non-hydrogen) atoms. The molecule has 0 bridgehead atoms. The van der Waals surface area contributed by atoms with Gasteiger partial charge in [-0.25, -0.2) is 0 Å². The lowest BCUT2D eigenvalue weighted by molar-refractivity contribution is 0.0497. The Morgan fingerprint density at radius 1 is 1.00 bits per heavy atom. The third-order valence-electron chi connectivity index (χ3n) is 3.95. The number of rotatable bonds is 10. The average molecular weight is 330 g/mol. The molecule has 2 aromatic rings. The fourth-order valence-electron chi connectivity index (χ4n) is 2.43. The van der Waals surface area contributed by atoms with Gasteiger partial charge in [-0.1, -0.05) is 61.9 Å². The summed E-state index contributed by atoms with van der Waals surface area (Å²) in [6.45, 7) is 3.36. The fourth-order valence-corrected chi connectivity index (χ4v) is 3.64. The summed E-state index contributed by atoms with van der Waals surface area (Å²) in [5.74, 6) is 1.25. The molecule has 2 nitrogen and oxygen atoms in total. The number of thioether (sulfide) groups is 1. The topological polar surface area (TPSA) is 29.5 Å². The Morgan fingerprint density at radius 3 is 2.30 bits per heavy atom. The summed E-state index contributed by atoms with van der Waals surface area (Å²) in [5, 5.41) is 10.4. The second kappa shape index (κ2) is 10.5. The van der Waals surface area contributed by atoms with E-state index in [4.69, 9.17) is 4.74 Å². The van der Waals surface area contributed by atoms with Crippen LogP contribution >= 0.6 is 11.8 Å². The van der Waals surface area contributed by atoms with Crippen LogP contribution in [0, 0.1) is 5.92 Å². The zero-order valence-corrected chi connectivity index (χ0v) is 14.5. The molecule has 0 saturated carbocycles. The Kier molecular flexibility index (Phi) is 8.23. The molecule has 0 aliphatic carbocycles. The number of aliphatic hydroxyl groups excluding tert-OH is 1. The van der Waals surface area contributed by atoms with E-state index < -0.39 is 0 Å². The Balaban J connectivity index is 1.67. The molecular formula is C20H26O2S. The van der Waals surface area contributed by atoms with Crippen molar-refractivity contribution in [2.75, 3.05) is 12.4 Å². The second-order valence-corrected chi connectivity index (χ2v) is 6.78. The van der Waals surface area contributed by atoms with Crippen LogP contribution in [0.25, 0.3) is 0 Å². The van der Waals surface area contributed by atoms with Crippen LogP contribution < -0.4 is 0 Å². The van der Waals surface area contributed by atoms with Crippen molar-refractivity contribution in [3.8, 4) is 0 Å². The molecule has 0 amide bonds. The van der Waals surface area contributed by atoms with E-state index in [0.29, 0.717) is 25.6 Å². The molecule has 0 aliphatic heterocycles. The lowest BCUT2D eigenvalue weighted by Gasteiger charge is -2.21. The van der Waals surface area contributed by atoms with E-state index in [1.165, 1.54) is 10.5 Å². The molecule has 0 radical (unpaired) electrons. The minimum atomic E-state index is -0.299. The van der Waals surface area contributed by atoms with Crippen molar-refractivity contribution in [3.05, 3.63) is 66.2 Å². The standard InChI is InChI=1S/C20H26O2S/c1-2-18(16-23-19-11-7-4-8-12-19)20(21)13-14-22-15-17-9-5-3-6-10-17/h3-12,18,20-21H,2,13-16H2,1H3/t18-,20-/m0/s1. The van der Waals surface area contributed by atoms with Gasteiger partial charge in [-0.2, -0.15) is 0 Å². The highest BCUT2D eigenvalue weighted by Gasteiger charge is 2.17. The number of hydrogen-bond donors (Lipinski definition) is 1. The molecule has 3 heteroatoms. The first kappa shape index (κ1) is 18.1. The van der Waals surface area contributed by atoms with E-state index in [1.807, 2.05) is 36.0 Å². The molecule has 0 aliphatic rings. The second-order valence-electron chi connectivity index (χ2n) is 5.69. The third-order valence-corrected chi connectivity index (χ3v) is 5.15. The average Bonchev–Trinajstić information content (AvgIpc) is 2.61. The molecule has 0 spiro atoms. The van der Waals surface area contributed by atoms with E-state index >= 15 is 0 Å². The van der Waals surface area contributed by atoms with Gasteiger partial charge in [0.2, 0.25) is 0 Å². The number of ether oxygens (including phenoxy) is 1. The maximum absolute atomic E-state index is 10.4. The summed E-state index contributed by atoms with van der Waals surface area (Å²) in [5.41, 5.74) is 1.17. The van der Waals surface area contributed by atoms with Crippen molar-refractivity contribution >= 4 is 11.8 Å². The molecule has 0 aromatic heterocycles. The molecule has 124 valence electrons. The van der Waals surface area contributed by atoms with Crippen molar-refractivity contribution in [1.29, 1.82) is 0 Å². The Labute approximate surface area is 143 Å². The zero-order chi connectivity index (χ0) is 16.3. The van der Waals surface area contributed by atoms with Gasteiger partial charge in [0.1, 0.15) is 0 Å². The van der Waals surface area contributed by atoms with E-state index in [2.05, 4.69) is 43.3 Å². The van der Waals surface area contributed by atoms with Crippen LogP contribution in [0.2, 0.25) is 0 Å². The summed E-state index contributed by atoms with van der Waals surface area (Å²) in [6, 6.07) is 20.5.